The summed E-state index contributed by atoms with van der Waals surface area (Å²) >= 11 is 0. The number of aryl methyl sites for hydroxylation is 2. The number of aromatic nitrogens is 3. The molecule has 3 rings (SSSR count). The Hall–Kier alpha value is -2.26. The van der Waals surface area contributed by atoms with Crippen molar-refractivity contribution in [2.75, 3.05) is 12.8 Å². The van der Waals surface area contributed by atoms with Crippen molar-refractivity contribution in [2.24, 2.45) is 0 Å². The van der Waals surface area contributed by atoms with Crippen LogP contribution in [0.2, 0.25) is 0 Å². The SMILES string of the molecule is Cc1cc(C)n(-c2ccc(CNC(=O)C3CCCCN3S(C)(=O)=O)cn2)n1. The van der Waals surface area contributed by atoms with Crippen molar-refractivity contribution in [3.63, 3.8) is 0 Å². The minimum absolute atomic E-state index is 0.261. The first kappa shape index (κ1) is 19.5. The van der Waals surface area contributed by atoms with Gasteiger partial charge in [-0.25, -0.2) is 18.1 Å². The van der Waals surface area contributed by atoms with Gasteiger partial charge in [0.1, 0.15) is 6.04 Å². The maximum absolute atomic E-state index is 12.5. The Morgan fingerprint density at radius 2 is 2.07 bits per heavy atom. The number of pyridine rings is 1. The molecule has 0 saturated carbocycles. The minimum atomic E-state index is -3.39. The van der Waals surface area contributed by atoms with Gasteiger partial charge in [0.15, 0.2) is 5.82 Å². The van der Waals surface area contributed by atoms with Gasteiger partial charge in [0.2, 0.25) is 15.9 Å². The van der Waals surface area contributed by atoms with Crippen LogP contribution in [0.3, 0.4) is 0 Å². The predicted octanol–water partition coefficient (Wildman–Crippen LogP) is 1.31. The normalized spacial score (nSPS) is 18.4. The van der Waals surface area contributed by atoms with Gasteiger partial charge >= 0.3 is 0 Å². The van der Waals surface area contributed by atoms with E-state index in [1.54, 1.807) is 10.9 Å². The zero-order valence-corrected chi connectivity index (χ0v) is 16.7. The standard InChI is InChI=1S/C18H25N5O3S/c1-13-10-14(2)23(21-13)17-8-7-15(11-19-17)12-20-18(24)16-6-4-5-9-22(16)27(3,25)26/h7-8,10-11,16H,4-6,9,12H2,1-3H3,(H,20,24). The van der Waals surface area contributed by atoms with Crippen LogP contribution in [-0.2, 0) is 21.4 Å². The third kappa shape index (κ3) is 4.54. The number of amides is 1. The first-order chi connectivity index (χ1) is 12.8. The summed E-state index contributed by atoms with van der Waals surface area (Å²) in [6.07, 6.45) is 5.03. The number of rotatable bonds is 5. The van der Waals surface area contributed by atoms with Gasteiger partial charge in [-0.2, -0.15) is 9.40 Å². The topological polar surface area (TPSA) is 97.2 Å². The van der Waals surface area contributed by atoms with Gasteiger partial charge < -0.3 is 5.32 Å². The van der Waals surface area contributed by atoms with Gasteiger partial charge in [-0.15, -0.1) is 0 Å². The molecule has 146 valence electrons. The number of carbonyl (C=O) groups excluding carboxylic acids is 1. The number of carbonyl (C=O) groups is 1. The van der Waals surface area contributed by atoms with E-state index < -0.39 is 16.1 Å². The molecule has 2 aromatic rings. The van der Waals surface area contributed by atoms with E-state index in [2.05, 4.69) is 15.4 Å². The zero-order valence-electron chi connectivity index (χ0n) is 15.8. The second kappa shape index (κ2) is 7.77. The summed E-state index contributed by atoms with van der Waals surface area (Å²) in [4.78, 5) is 16.9. The van der Waals surface area contributed by atoms with E-state index in [0.717, 1.165) is 36.0 Å². The molecule has 2 aromatic heterocycles. The third-order valence-electron chi connectivity index (χ3n) is 4.68. The Morgan fingerprint density at radius 1 is 1.30 bits per heavy atom. The van der Waals surface area contributed by atoms with E-state index >= 15 is 0 Å². The largest absolute Gasteiger partial charge is 0.351 e. The fraction of sp³-hybridized carbons (Fsp3) is 0.500. The van der Waals surface area contributed by atoms with Crippen LogP contribution in [-0.4, -0.2) is 52.2 Å². The van der Waals surface area contributed by atoms with Crippen molar-refractivity contribution in [1.82, 2.24) is 24.4 Å². The van der Waals surface area contributed by atoms with Gasteiger partial charge in [0, 0.05) is 25.0 Å². The Kier molecular flexibility index (Phi) is 5.61. The summed E-state index contributed by atoms with van der Waals surface area (Å²) in [6.45, 7) is 4.60. The summed E-state index contributed by atoms with van der Waals surface area (Å²) in [7, 11) is -3.39. The van der Waals surface area contributed by atoms with Gasteiger partial charge in [-0.1, -0.05) is 12.5 Å². The molecule has 1 aliphatic heterocycles. The zero-order chi connectivity index (χ0) is 19.6. The number of nitrogens with zero attached hydrogens (tertiary/aromatic N) is 4. The molecule has 1 saturated heterocycles. The van der Waals surface area contributed by atoms with Crippen LogP contribution in [0.1, 0.15) is 36.2 Å². The molecule has 9 heteroatoms. The summed E-state index contributed by atoms with van der Waals surface area (Å²) in [6, 6.07) is 5.09. The smallest absolute Gasteiger partial charge is 0.238 e. The van der Waals surface area contributed by atoms with Crippen molar-refractivity contribution in [2.45, 2.75) is 45.7 Å². The average Bonchev–Trinajstić information content (AvgIpc) is 2.97. The lowest BCUT2D eigenvalue weighted by molar-refractivity contribution is -0.125. The number of sulfonamides is 1. The monoisotopic (exact) mass is 391 g/mol. The second-order valence-electron chi connectivity index (χ2n) is 6.97. The molecule has 8 nitrogen and oxygen atoms in total. The highest BCUT2D eigenvalue weighted by Gasteiger charge is 2.34. The van der Waals surface area contributed by atoms with Gasteiger partial charge in [-0.3, -0.25) is 4.79 Å². The Bertz CT molecular complexity index is 921. The highest BCUT2D eigenvalue weighted by molar-refractivity contribution is 7.88. The number of nitrogens with one attached hydrogen (secondary N) is 1. The Morgan fingerprint density at radius 3 is 2.67 bits per heavy atom. The molecule has 1 N–H and O–H groups in total. The maximum Gasteiger partial charge on any atom is 0.238 e. The molecule has 0 radical (unpaired) electrons. The maximum atomic E-state index is 12.5. The van der Waals surface area contributed by atoms with Crippen molar-refractivity contribution in [1.29, 1.82) is 0 Å². The van der Waals surface area contributed by atoms with Gasteiger partial charge in [0.25, 0.3) is 0 Å². The summed E-state index contributed by atoms with van der Waals surface area (Å²) in [5, 5.41) is 7.24. The van der Waals surface area contributed by atoms with E-state index in [9.17, 15) is 13.2 Å². The molecule has 1 aliphatic rings. The van der Waals surface area contributed by atoms with E-state index in [1.165, 1.54) is 4.31 Å². The lowest BCUT2D eigenvalue weighted by atomic mass is 10.0. The first-order valence-electron chi connectivity index (χ1n) is 8.99. The average molecular weight is 391 g/mol. The molecule has 1 unspecified atom stereocenters. The summed E-state index contributed by atoms with van der Waals surface area (Å²) in [5.41, 5.74) is 2.77. The fourth-order valence-corrected chi connectivity index (χ4v) is 4.50. The van der Waals surface area contributed by atoms with Crippen LogP contribution in [0, 0.1) is 13.8 Å². The highest BCUT2D eigenvalue weighted by Crippen LogP contribution is 2.20. The molecule has 0 bridgehead atoms. The molecule has 1 atom stereocenters. The van der Waals surface area contributed by atoms with Crippen molar-refractivity contribution >= 4 is 15.9 Å². The fourth-order valence-electron chi connectivity index (χ4n) is 3.38. The van der Waals surface area contributed by atoms with E-state index in [1.807, 2.05) is 32.0 Å². The second-order valence-corrected chi connectivity index (χ2v) is 8.90. The lowest BCUT2D eigenvalue weighted by Gasteiger charge is -2.32. The molecule has 3 heterocycles. The number of hydrogen-bond donors (Lipinski definition) is 1. The van der Waals surface area contributed by atoms with Crippen LogP contribution < -0.4 is 5.32 Å². The summed E-state index contributed by atoms with van der Waals surface area (Å²) < 4.78 is 26.9. The molecule has 1 fully saturated rings. The quantitative estimate of drug-likeness (QED) is 0.829. The molecule has 1 amide bonds. The van der Waals surface area contributed by atoms with Crippen molar-refractivity contribution in [3.05, 3.63) is 41.3 Å². The number of hydrogen-bond acceptors (Lipinski definition) is 5. The minimum Gasteiger partial charge on any atom is -0.351 e. The molecule has 0 aliphatic carbocycles. The Balaban J connectivity index is 1.64. The highest BCUT2D eigenvalue weighted by atomic mass is 32.2. The predicted molar refractivity (Wildman–Crippen MR) is 102 cm³/mol. The van der Waals surface area contributed by atoms with Crippen LogP contribution in [0.15, 0.2) is 24.4 Å². The van der Waals surface area contributed by atoms with Gasteiger partial charge in [0.05, 0.1) is 11.9 Å². The molecule has 0 aromatic carbocycles. The Labute approximate surface area is 159 Å². The van der Waals surface area contributed by atoms with Gasteiger partial charge in [-0.05, 0) is 44.4 Å². The third-order valence-corrected chi connectivity index (χ3v) is 5.97. The molecule has 27 heavy (non-hydrogen) atoms. The summed E-state index contributed by atoms with van der Waals surface area (Å²) in [5.74, 6) is 0.453. The first-order valence-corrected chi connectivity index (χ1v) is 10.8. The van der Waals surface area contributed by atoms with Crippen LogP contribution >= 0.6 is 0 Å². The van der Waals surface area contributed by atoms with E-state index in [-0.39, 0.29) is 5.91 Å². The molecular weight excluding hydrogens is 366 g/mol. The van der Waals surface area contributed by atoms with Crippen molar-refractivity contribution < 1.29 is 13.2 Å². The van der Waals surface area contributed by atoms with Crippen LogP contribution in [0.25, 0.3) is 5.82 Å². The van der Waals surface area contributed by atoms with E-state index in [4.69, 9.17) is 0 Å². The lowest BCUT2D eigenvalue weighted by Crippen LogP contribution is -2.51. The number of piperidine rings is 1. The molecule has 0 spiro atoms. The van der Waals surface area contributed by atoms with E-state index in [0.29, 0.717) is 25.3 Å². The van der Waals surface area contributed by atoms with Crippen molar-refractivity contribution in [3.8, 4) is 5.82 Å². The van der Waals surface area contributed by atoms with Crippen LogP contribution in [0.5, 0.6) is 0 Å². The van der Waals surface area contributed by atoms with Crippen LogP contribution in [0.4, 0.5) is 0 Å². The molecular formula is C18H25N5O3S.